The Morgan fingerprint density at radius 3 is 3.08 bits per heavy atom. The van der Waals surface area contributed by atoms with Crippen molar-refractivity contribution >= 4 is 5.97 Å². The van der Waals surface area contributed by atoms with Crippen LogP contribution in [0, 0.1) is 11.8 Å². The Hall–Kier alpha value is -0.570. The Balaban J connectivity index is 2.04. The summed E-state index contributed by atoms with van der Waals surface area (Å²) in [7, 11) is 1.46. The summed E-state index contributed by atoms with van der Waals surface area (Å²) in [5.41, 5.74) is 0. The van der Waals surface area contributed by atoms with Gasteiger partial charge in [0.1, 0.15) is 6.04 Å². The highest BCUT2D eigenvalue weighted by Gasteiger charge is 2.42. The first-order chi connectivity index (χ1) is 5.83. The maximum absolute atomic E-state index is 11.3. The van der Waals surface area contributed by atoms with Gasteiger partial charge in [-0.05, 0) is 31.2 Å². The van der Waals surface area contributed by atoms with E-state index >= 15 is 0 Å². The summed E-state index contributed by atoms with van der Waals surface area (Å²) in [6.45, 7) is 1.00. The molecule has 12 heavy (non-hydrogen) atoms. The van der Waals surface area contributed by atoms with Gasteiger partial charge < -0.3 is 10.1 Å². The third-order valence-corrected chi connectivity index (χ3v) is 3.20. The van der Waals surface area contributed by atoms with Gasteiger partial charge in [0.15, 0.2) is 0 Å². The maximum atomic E-state index is 11.3. The van der Waals surface area contributed by atoms with Gasteiger partial charge in [-0.25, -0.2) is 0 Å². The SMILES string of the molecule is COC(=O)[C@@H]1NC[C@H]2CCC[C@@H]21. The van der Waals surface area contributed by atoms with Gasteiger partial charge in [-0.15, -0.1) is 0 Å². The van der Waals surface area contributed by atoms with Crippen molar-refractivity contribution in [2.75, 3.05) is 13.7 Å². The molecular weight excluding hydrogens is 154 g/mol. The fraction of sp³-hybridized carbons (Fsp3) is 0.889. The molecule has 1 saturated carbocycles. The molecule has 2 rings (SSSR count). The quantitative estimate of drug-likeness (QED) is 0.582. The molecule has 3 nitrogen and oxygen atoms in total. The first-order valence-corrected chi connectivity index (χ1v) is 4.64. The molecule has 1 aliphatic carbocycles. The number of carbonyl (C=O) groups is 1. The molecule has 0 spiro atoms. The van der Waals surface area contributed by atoms with Gasteiger partial charge in [0.2, 0.25) is 0 Å². The van der Waals surface area contributed by atoms with Crippen LogP contribution in [0.15, 0.2) is 0 Å². The van der Waals surface area contributed by atoms with Gasteiger partial charge in [0.25, 0.3) is 0 Å². The van der Waals surface area contributed by atoms with E-state index in [9.17, 15) is 4.79 Å². The maximum Gasteiger partial charge on any atom is 0.323 e. The van der Waals surface area contributed by atoms with E-state index in [1.807, 2.05) is 0 Å². The first kappa shape index (κ1) is 8.05. The second-order valence-corrected chi connectivity index (χ2v) is 3.76. The number of nitrogens with one attached hydrogen (secondary N) is 1. The molecule has 0 radical (unpaired) electrons. The van der Waals surface area contributed by atoms with Crippen LogP contribution in [0.25, 0.3) is 0 Å². The van der Waals surface area contributed by atoms with Gasteiger partial charge in [-0.2, -0.15) is 0 Å². The lowest BCUT2D eigenvalue weighted by Crippen LogP contribution is -2.36. The summed E-state index contributed by atoms with van der Waals surface area (Å²) >= 11 is 0. The molecule has 1 N–H and O–H groups in total. The highest BCUT2D eigenvalue weighted by atomic mass is 16.5. The van der Waals surface area contributed by atoms with Crippen LogP contribution in [-0.4, -0.2) is 25.7 Å². The molecule has 3 heteroatoms. The Kier molecular flexibility index (Phi) is 2.05. The lowest BCUT2D eigenvalue weighted by Gasteiger charge is -2.14. The standard InChI is InChI=1S/C9H15NO2/c1-12-9(11)8-7-4-2-3-6(7)5-10-8/h6-8,10H,2-5H2,1H3/t6-,7+,8-/m1/s1. The summed E-state index contributed by atoms with van der Waals surface area (Å²) in [5, 5.41) is 3.23. The van der Waals surface area contributed by atoms with Gasteiger partial charge >= 0.3 is 5.97 Å². The molecule has 1 heterocycles. The fourth-order valence-corrected chi connectivity index (χ4v) is 2.57. The number of esters is 1. The second-order valence-electron chi connectivity index (χ2n) is 3.76. The Morgan fingerprint density at radius 2 is 2.33 bits per heavy atom. The number of methoxy groups -OCH3 is 1. The molecule has 0 amide bonds. The van der Waals surface area contributed by atoms with Crippen LogP contribution in [0.5, 0.6) is 0 Å². The summed E-state index contributed by atoms with van der Waals surface area (Å²) in [6, 6.07) is -0.0116. The molecule has 0 aromatic heterocycles. The average Bonchev–Trinajstić information content (AvgIpc) is 2.62. The van der Waals surface area contributed by atoms with Crippen molar-refractivity contribution in [1.29, 1.82) is 0 Å². The minimum Gasteiger partial charge on any atom is -0.468 e. The van der Waals surface area contributed by atoms with E-state index in [-0.39, 0.29) is 12.0 Å². The molecule has 1 aliphatic heterocycles. The first-order valence-electron chi connectivity index (χ1n) is 4.64. The van der Waals surface area contributed by atoms with Gasteiger partial charge in [0, 0.05) is 0 Å². The highest BCUT2D eigenvalue weighted by molar-refractivity contribution is 5.76. The molecular formula is C9H15NO2. The van der Waals surface area contributed by atoms with Crippen molar-refractivity contribution in [3.05, 3.63) is 0 Å². The van der Waals surface area contributed by atoms with E-state index in [0.29, 0.717) is 5.92 Å². The van der Waals surface area contributed by atoms with Crippen molar-refractivity contribution in [3.63, 3.8) is 0 Å². The van der Waals surface area contributed by atoms with Crippen LogP contribution in [0.4, 0.5) is 0 Å². The molecule has 0 unspecified atom stereocenters. The van der Waals surface area contributed by atoms with Crippen molar-refractivity contribution < 1.29 is 9.53 Å². The minimum absolute atomic E-state index is 0.0116. The Morgan fingerprint density at radius 1 is 1.50 bits per heavy atom. The average molecular weight is 169 g/mol. The molecule has 2 aliphatic rings. The van der Waals surface area contributed by atoms with E-state index in [0.717, 1.165) is 12.5 Å². The monoisotopic (exact) mass is 169 g/mol. The predicted molar refractivity (Wildman–Crippen MR) is 44.6 cm³/mol. The Bertz CT molecular complexity index is 193. The number of rotatable bonds is 1. The molecule has 2 fully saturated rings. The highest BCUT2D eigenvalue weighted by Crippen LogP contribution is 2.37. The largest absolute Gasteiger partial charge is 0.468 e. The van der Waals surface area contributed by atoms with Gasteiger partial charge in [-0.3, -0.25) is 4.79 Å². The zero-order chi connectivity index (χ0) is 8.55. The fourth-order valence-electron chi connectivity index (χ4n) is 2.57. The van der Waals surface area contributed by atoms with Crippen LogP contribution < -0.4 is 5.32 Å². The van der Waals surface area contributed by atoms with Crippen molar-refractivity contribution in [1.82, 2.24) is 5.32 Å². The van der Waals surface area contributed by atoms with E-state index in [4.69, 9.17) is 4.74 Å². The smallest absolute Gasteiger partial charge is 0.323 e. The number of carbonyl (C=O) groups excluding carboxylic acids is 1. The zero-order valence-electron chi connectivity index (χ0n) is 7.38. The number of ether oxygens (including phenoxy) is 1. The van der Waals surface area contributed by atoms with E-state index < -0.39 is 0 Å². The zero-order valence-corrected chi connectivity index (χ0v) is 7.38. The molecule has 3 atom stereocenters. The molecule has 1 saturated heterocycles. The number of hydrogen-bond acceptors (Lipinski definition) is 3. The number of fused-ring (bicyclic) bond motifs is 1. The summed E-state index contributed by atoms with van der Waals surface area (Å²) in [5.74, 6) is 1.20. The molecule has 68 valence electrons. The summed E-state index contributed by atoms with van der Waals surface area (Å²) < 4.78 is 4.74. The topological polar surface area (TPSA) is 38.3 Å². The normalized spacial score (nSPS) is 39.6. The van der Waals surface area contributed by atoms with E-state index in [1.165, 1.54) is 26.4 Å². The van der Waals surface area contributed by atoms with Crippen LogP contribution in [-0.2, 0) is 9.53 Å². The summed E-state index contributed by atoms with van der Waals surface area (Å²) in [6.07, 6.45) is 3.76. The van der Waals surface area contributed by atoms with Crippen LogP contribution in [0.1, 0.15) is 19.3 Å². The second kappa shape index (κ2) is 3.05. The van der Waals surface area contributed by atoms with Gasteiger partial charge in [0.05, 0.1) is 7.11 Å². The summed E-state index contributed by atoms with van der Waals surface area (Å²) in [4.78, 5) is 11.3. The third kappa shape index (κ3) is 1.12. The van der Waals surface area contributed by atoms with Crippen molar-refractivity contribution in [2.24, 2.45) is 11.8 Å². The van der Waals surface area contributed by atoms with E-state index in [2.05, 4.69) is 5.32 Å². The van der Waals surface area contributed by atoms with Gasteiger partial charge in [-0.1, -0.05) is 6.42 Å². The minimum atomic E-state index is -0.0793. The third-order valence-electron chi connectivity index (χ3n) is 3.20. The predicted octanol–water partition coefficient (Wildman–Crippen LogP) is 0.547. The lowest BCUT2D eigenvalue weighted by molar-refractivity contribution is -0.143. The lowest BCUT2D eigenvalue weighted by atomic mass is 9.94. The van der Waals surface area contributed by atoms with Crippen LogP contribution >= 0.6 is 0 Å². The molecule has 0 aromatic rings. The Labute approximate surface area is 72.5 Å². The van der Waals surface area contributed by atoms with Crippen molar-refractivity contribution in [2.45, 2.75) is 25.3 Å². The van der Waals surface area contributed by atoms with Crippen LogP contribution in [0.3, 0.4) is 0 Å². The molecule has 0 aromatic carbocycles. The van der Waals surface area contributed by atoms with E-state index in [1.54, 1.807) is 0 Å². The van der Waals surface area contributed by atoms with Crippen LogP contribution in [0.2, 0.25) is 0 Å². The molecule has 0 bridgehead atoms. The number of hydrogen-bond donors (Lipinski definition) is 1. The van der Waals surface area contributed by atoms with Crippen molar-refractivity contribution in [3.8, 4) is 0 Å².